The number of hydrogen-bond donors (Lipinski definition) is 1. The Morgan fingerprint density at radius 1 is 1.41 bits per heavy atom. The van der Waals surface area contributed by atoms with E-state index in [2.05, 4.69) is 0 Å². The quantitative estimate of drug-likeness (QED) is 0.609. The molecular formula is C13H19NO3. The van der Waals surface area contributed by atoms with E-state index in [0.717, 1.165) is 6.42 Å². The van der Waals surface area contributed by atoms with Gasteiger partial charge in [-0.15, -0.1) is 0 Å². The fourth-order valence-corrected chi connectivity index (χ4v) is 1.22. The Labute approximate surface area is 102 Å². The lowest BCUT2D eigenvalue weighted by Gasteiger charge is -2.11. The van der Waals surface area contributed by atoms with Crippen molar-refractivity contribution in [1.82, 2.24) is 0 Å². The van der Waals surface area contributed by atoms with Crippen molar-refractivity contribution in [3.8, 4) is 5.75 Å². The van der Waals surface area contributed by atoms with Crippen LogP contribution < -0.4 is 10.5 Å². The zero-order valence-electron chi connectivity index (χ0n) is 10.3. The van der Waals surface area contributed by atoms with Gasteiger partial charge in [0.1, 0.15) is 5.75 Å². The van der Waals surface area contributed by atoms with E-state index in [1.807, 2.05) is 26.0 Å². The number of para-hydroxylation sites is 2. The molecular weight excluding hydrogens is 218 g/mol. The van der Waals surface area contributed by atoms with Crippen molar-refractivity contribution in [2.75, 3.05) is 12.3 Å². The summed E-state index contributed by atoms with van der Waals surface area (Å²) in [6, 6.07) is 7.20. The van der Waals surface area contributed by atoms with Crippen molar-refractivity contribution in [2.24, 2.45) is 0 Å². The van der Waals surface area contributed by atoms with Crippen LogP contribution in [-0.2, 0) is 9.53 Å². The van der Waals surface area contributed by atoms with Crippen molar-refractivity contribution < 1.29 is 14.3 Å². The van der Waals surface area contributed by atoms with Gasteiger partial charge >= 0.3 is 5.97 Å². The molecule has 94 valence electrons. The Morgan fingerprint density at radius 3 is 2.76 bits per heavy atom. The molecule has 0 saturated heterocycles. The number of nitrogens with two attached hydrogens (primary N) is 1. The highest BCUT2D eigenvalue weighted by Crippen LogP contribution is 2.19. The van der Waals surface area contributed by atoms with Crippen LogP contribution in [0.5, 0.6) is 5.75 Å². The van der Waals surface area contributed by atoms with Crippen molar-refractivity contribution >= 4 is 11.7 Å². The molecule has 1 atom stereocenters. The standard InChI is InChI=1S/C13H19NO3/c1-3-10(2)17-13(15)8-9-16-12-7-5-4-6-11(12)14/h4-7,10H,3,8-9,14H2,1-2H3. The Morgan fingerprint density at radius 2 is 2.12 bits per heavy atom. The van der Waals surface area contributed by atoms with E-state index in [1.165, 1.54) is 0 Å². The second kappa shape index (κ2) is 6.78. The summed E-state index contributed by atoms with van der Waals surface area (Å²) in [5, 5.41) is 0. The van der Waals surface area contributed by atoms with Crippen LogP contribution in [-0.4, -0.2) is 18.7 Å². The summed E-state index contributed by atoms with van der Waals surface area (Å²) >= 11 is 0. The van der Waals surface area contributed by atoms with E-state index in [9.17, 15) is 4.79 Å². The first-order chi connectivity index (χ1) is 8.13. The predicted octanol–water partition coefficient (Wildman–Crippen LogP) is 2.38. The summed E-state index contributed by atoms with van der Waals surface area (Å²) in [6.45, 7) is 4.12. The summed E-state index contributed by atoms with van der Waals surface area (Å²) in [7, 11) is 0. The third-order valence-corrected chi connectivity index (χ3v) is 2.39. The van der Waals surface area contributed by atoms with Crippen LogP contribution in [0, 0.1) is 0 Å². The molecule has 1 aromatic rings. The molecule has 4 nitrogen and oxygen atoms in total. The molecule has 0 spiro atoms. The normalized spacial score (nSPS) is 11.9. The topological polar surface area (TPSA) is 61.5 Å². The number of rotatable bonds is 6. The van der Waals surface area contributed by atoms with E-state index >= 15 is 0 Å². The number of esters is 1. The fraction of sp³-hybridized carbons (Fsp3) is 0.462. The first-order valence-corrected chi connectivity index (χ1v) is 5.80. The third-order valence-electron chi connectivity index (χ3n) is 2.39. The summed E-state index contributed by atoms with van der Waals surface area (Å²) < 4.78 is 10.5. The molecule has 4 heteroatoms. The summed E-state index contributed by atoms with van der Waals surface area (Å²) in [6.07, 6.45) is 1.01. The average Bonchev–Trinajstić information content (AvgIpc) is 2.31. The van der Waals surface area contributed by atoms with Gasteiger partial charge in [0.25, 0.3) is 0 Å². The van der Waals surface area contributed by atoms with Crippen LogP contribution in [0.1, 0.15) is 26.7 Å². The Hall–Kier alpha value is -1.71. The minimum Gasteiger partial charge on any atom is -0.491 e. The van der Waals surface area contributed by atoms with Crippen molar-refractivity contribution in [3.05, 3.63) is 24.3 Å². The summed E-state index contributed by atoms with van der Waals surface area (Å²) in [5.74, 6) is 0.359. The van der Waals surface area contributed by atoms with Gasteiger partial charge < -0.3 is 15.2 Å². The van der Waals surface area contributed by atoms with Crippen molar-refractivity contribution in [2.45, 2.75) is 32.8 Å². The van der Waals surface area contributed by atoms with Crippen molar-refractivity contribution in [3.63, 3.8) is 0 Å². The second-order valence-corrected chi connectivity index (χ2v) is 3.85. The van der Waals surface area contributed by atoms with Crippen LogP contribution >= 0.6 is 0 Å². The Kier molecular flexibility index (Phi) is 5.33. The minimum atomic E-state index is -0.242. The van der Waals surface area contributed by atoms with Gasteiger partial charge in [-0.1, -0.05) is 19.1 Å². The maximum absolute atomic E-state index is 11.4. The highest BCUT2D eigenvalue weighted by molar-refractivity contribution is 5.69. The maximum Gasteiger partial charge on any atom is 0.309 e. The maximum atomic E-state index is 11.4. The molecule has 1 unspecified atom stereocenters. The molecule has 0 saturated carbocycles. The van der Waals surface area contributed by atoms with E-state index in [4.69, 9.17) is 15.2 Å². The van der Waals surface area contributed by atoms with E-state index in [-0.39, 0.29) is 25.1 Å². The highest BCUT2D eigenvalue weighted by atomic mass is 16.5. The molecule has 0 heterocycles. The van der Waals surface area contributed by atoms with Gasteiger partial charge in [0, 0.05) is 0 Å². The number of carbonyl (C=O) groups excluding carboxylic acids is 1. The number of carbonyl (C=O) groups is 1. The molecule has 0 radical (unpaired) electrons. The number of benzene rings is 1. The summed E-state index contributed by atoms with van der Waals surface area (Å²) in [5.41, 5.74) is 6.27. The van der Waals surface area contributed by atoms with E-state index in [1.54, 1.807) is 12.1 Å². The molecule has 1 rings (SSSR count). The molecule has 0 aliphatic carbocycles. The molecule has 0 aliphatic rings. The molecule has 0 aliphatic heterocycles. The molecule has 17 heavy (non-hydrogen) atoms. The molecule has 0 aromatic heterocycles. The smallest absolute Gasteiger partial charge is 0.309 e. The minimum absolute atomic E-state index is 0.0377. The SMILES string of the molecule is CCC(C)OC(=O)CCOc1ccccc1N. The molecule has 0 fully saturated rings. The zero-order valence-corrected chi connectivity index (χ0v) is 10.3. The number of ether oxygens (including phenoxy) is 2. The predicted molar refractivity (Wildman–Crippen MR) is 66.8 cm³/mol. The lowest BCUT2D eigenvalue weighted by Crippen LogP contribution is -2.16. The number of hydrogen-bond acceptors (Lipinski definition) is 4. The van der Waals surface area contributed by atoms with Gasteiger partial charge in [0.2, 0.25) is 0 Å². The van der Waals surface area contributed by atoms with Crippen LogP contribution in [0.15, 0.2) is 24.3 Å². The molecule has 1 aromatic carbocycles. The molecule has 2 N–H and O–H groups in total. The monoisotopic (exact) mass is 237 g/mol. The first kappa shape index (κ1) is 13.4. The van der Waals surface area contributed by atoms with E-state index in [0.29, 0.717) is 11.4 Å². The molecule has 0 bridgehead atoms. The Balaban J connectivity index is 2.29. The van der Waals surface area contributed by atoms with E-state index < -0.39 is 0 Å². The first-order valence-electron chi connectivity index (χ1n) is 5.80. The van der Waals surface area contributed by atoms with Crippen LogP contribution in [0.25, 0.3) is 0 Å². The fourth-order valence-electron chi connectivity index (χ4n) is 1.22. The summed E-state index contributed by atoms with van der Waals surface area (Å²) in [4.78, 5) is 11.4. The number of anilines is 1. The van der Waals surface area contributed by atoms with Gasteiger partial charge in [0.15, 0.2) is 0 Å². The largest absolute Gasteiger partial charge is 0.491 e. The van der Waals surface area contributed by atoms with Crippen LogP contribution in [0.4, 0.5) is 5.69 Å². The highest BCUT2D eigenvalue weighted by Gasteiger charge is 2.08. The van der Waals surface area contributed by atoms with Crippen LogP contribution in [0.2, 0.25) is 0 Å². The number of nitrogen functional groups attached to an aromatic ring is 1. The van der Waals surface area contributed by atoms with Crippen molar-refractivity contribution in [1.29, 1.82) is 0 Å². The average molecular weight is 237 g/mol. The van der Waals surface area contributed by atoms with Gasteiger partial charge in [-0.3, -0.25) is 4.79 Å². The van der Waals surface area contributed by atoms with Gasteiger partial charge in [-0.25, -0.2) is 0 Å². The Bertz CT molecular complexity index is 365. The van der Waals surface area contributed by atoms with Gasteiger partial charge in [0.05, 0.1) is 24.8 Å². The van der Waals surface area contributed by atoms with Crippen LogP contribution in [0.3, 0.4) is 0 Å². The lowest BCUT2D eigenvalue weighted by molar-refractivity contribution is -0.148. The second-order valence-electron chi connectivity index (χ2n) is 3.85. The zero-order chi connectivity index (χ0) is 12.7. The lowest BCUT2D eigenvalue weighted by atomic mass is 10.3. The van der Waals surface area contributed by atoms with Gasteiger partial charge in [-0.2, -0.15) is 0 Å². The van der Waals surface area contributed by atoms with Gasteiger partial charge in [-0.05, 0) is 25.5 Å². The molecule has 0 amide bonds. The third kappa shape index (κ3) is 4.76.